The zero-order valence-electron chi connectivity index (χ0n) is 90.3. The fraction of sp³-hybridized carbons (Fsp3) is 0.237. The van der Waals surface area contributed by atoms with Crippen LogP contribution in [-0.4, -0.2) is 9.13 Å². The van der Waals surface area contributed by atoms with Gasteiger partial charge in [-0.15, -0.1) is 0 Å². The monoisotopic (exact) mass is 1610 g/mol. The first-order valence-electron chi connectivity index (χ1n) is 50.5. The van der Waals surface area contributed by atoms with Crippen LogP contribution in [0.15, 0.2) is 333 Å². The molecule has 15 aromatic carbocycles. The number of aromatic nitrogens is 2. The molecule has 0 radical (unpaired) electrons. The van der Waals surface area contributed by atoms with E-state index in [1.54, 1.807) is 21.3 Å². The van der Waals surface area contributed by atoms with Gasteiger partial charge in [-0.05, 0) is 237 Å². The molecule has 4 nitrogen and oxygen atoms in total. The van der Waals surface area contributed by atoms with Gasteiger partial charge < -0.3 is 18.9 Å². The van der Waals surface area contributed by atoms with Crippen molar-refractivity contribution in [2.45, 2.75) is 183 Å². The molecule has 0 saturated heterocycles. The summed E-state index contributed by atoms with van der Waals surface area (Å²) >= 11 is 0. The van der Waals surface area contributed by atoms with E-state index in [1.807, 2.05) is 72.8 Å². The Morgan fingerprint density at radius 3 is 0.762 bits per heavy atom. The van der Waals surface area contributed by atoms with E-state index in [2.05, 4.69) is 307 Å². The molecule has 2 heterocycles. The van der Waals surface area contributed by atoms with Crippen molar-refractivity contribution < 1.29 is 21.9 Å². The van der Waals surface area contributed by atoms with Crippen LogP contribution in [-0.2, 0) is 37.9 Å². The van der Waals surface area contributed by atoms with Gasteiger partial charge in [0.2, 0.25) is 0 Å². The summed E-state index contributed by atoms with van der Waals surface area (Å²) < 4.78 is 156. The van der Waals surface area contributed by atoms with Crippen molar-refractivity contribution >= 4 is 77.7 Å². The minimum atomic E-state index is -0.734. The van der Waals surface area contributed by atoms with Gasteiger partial charge in [-0.3, -0.25) is 0 Å². The van der Waals surface area contributed by atoms with Crippen LogP contribution in [0.3, 0.4) is 0 Å². The number of nitrogens with zero attached hydrogens (tertiary/aromatic N) is 4. The van der Waals surface area contributed by atoms with Crippen LogP contribution in [0.1, 0.15) is 206 Å². The lowest BCUT2D eigenvalue weighted by Crippen LogP contribution is -2.20. The highest BCUT2D eigenvalue weighted by molar-refractivity contribution is 6.11. The van der Waals surface area contributed by atoms with Crippen molar-refractivity contribution in [2.75, 3.05) is 9.80 Å². The zero-order valence-corrected chi connectivity index (χ0v) is 74.3. The normalized spacial score (nSPS) is 14.5. The van der Waals surface area contributed by atoms with E-state index in [0.717, 1.165) is 83.5 Å². The zero-order chi connectivity index (χ0) is 99.8. The average molecular weight is 1610 g/mol. The van der Waals surface area contributed by atoms with Crippen LogP contribution in [0, 0.1) is 0 Å². The minimum absolute atomic E-state index is 0.0495. The topological polar surface area (TPSA) is 16.3 Å². The first-order valence-corrected chi connectivity index (χ1v) is 42.5. The fourth-order valence-corrected chi connectivity index (χ4v) is 16.8. The number of rotatable bonds is 14. The number of benzene rings is 15. The molecule has 610 valence electrons. The molecule has 17 rings (SSSR count). The quantitative estimate of drug-likeness (QED) is 0.108. The van der Waals surface area contributed by atoms with E-state index < -0.39 is 113 Å². The Morgan fingerprint density at radius 1 is 0.205 bits per heavy atom. The lowest BCUT2D eigenvalue weighted by Gasteiger charge is -2.36. The van der Waals surface area contributed by atoms with Gasteiger partial charge in [-0.2, -0.15) is 0 Å². The van der Waals surface area contributed by atoms with Crippen molar-refractivity contribution in [3.8, 4) is 78.1 Å². The molecule has 0 amide bonds. The van der Waals surface area contributed by atoms with Crippen LogP contribution < -0.4 is 9.80 Å². The SMILES string of the molecule is [2H]c1c([2H])c([2H])c2c(c1[2H])c1c([2H])c([2H])c([2H])c([2H])c1n2-c1cccc(N(c2cc(N(c3cccc(-n4c5c([2H])c([2H])c([2H])c([2H])c5c5c([2H])c([2H])c([2H])c([2H])c54)c3)c3c(-c4ccccc4)cc(C(C)(C)C)cc3-c3cccc(-c4cc(C(C)(C)C)cc(C(C)(C)C)c4)c3)cc(C(C)(C)C)c2)c2c(-c3ccccc3)cc(C(C)(C)C)cc2-c2cccc(-c3cc(C(C)(C)C)cc(C(C)(C)C)c3)c2)c1. The third-order valence-electron chi connectivity index (χ3n) is 24.0. The molecule has 0 fully saturated rings. The van der Waals surface area contributed by atoms with Gasteiger partial charge in [0.1, 0.15) is 0 Å². The number of hydrogen-bond acceptors (Lipinski definition) is 2. The third-order valence-corrected chi connectivity index (χ3v) is 24.0. The molecular weight excluding hydrogens is 1470 g/mol. The molecule has 2 aromatic heterocycles. The van der Waals surface area contributed by atoms with E-state index in [1.165, 1.54) is 22.3 Å². The molecule has 4 heteroatoms. The van der Waals surface area contributed by atoms with E-state index in [-0.39, 0.29) is 65.3 Å². The second kappa shape index (κ2) is 30.9. The van der Waals surface area contributed by atoms with Crippen LogP contribution in [0.25, 0.3) is 122 Å². The van der Waals surface area contributed by atoms with Crippen molar-refractivity contribution in [2.24, 2.45) is 0 Å². The Labute approximate surface area is 748 Å². The highest BCUT2D eigenvalue weighted by Gasteiger charge is 2.34. The molecule has 0 bridgehead atoms. The van der Waals surface area contributed by atoms with Crippen LogP contribution in [0.2, 0.25) is 0 Å². The van der Waals surface area contributed by atoms with E-state index in [4.69, 9.17) is 0 Å². The van der Waals surface area contributed by atoms with Crippen LogP contribution in [0.5, 0.6) is 0 Å². The van der Waals surface area contributed by atoms with Gasteiger partial charge in [-0.25, -0.2) is 0 Å². The van der Waals surface area contributed by atoms with Gasteiger partial charge in [0, 0.05) is 77.9 Å². The van der Waals surface area contributed by atoms with Crippen LogP contribution >= 0.6 is 0 Å². The Morgan fingerprint density at radius 2 is 0.459 bits per heavy atom. The summed E-state index contributed by atoms with van der Waals surface area (Å²) in [4.78, 5) is 4.54. The second-order valence-corrected chi connectivity index (χ2v) is 40.1. The van der Waals surface area contributed by atoms with Gasteiger partial charge in [0.15, 0.2) is 0 Å². The standard InChI is InChI=1S/C118H118N4/c1-112(2,3)85-62-83(63-86(66-85)113(4,5)6)79-44-36-46-81(60-79)104-72-90(117(16,17)18)70-102(77-40-24-22-25-41-77)110(104)119(92-48-38-50-94(74-92)121-106-56-32-28-52-98(106)99-53-29-33-57-107(99)121)96-68-89(116(13,14)15)69-97(76-96)120(93-49-39-51-95(75-93)122-108-58-34-30-54-100(108)101-55-31-35-59-109(101)122)111-103(78-42-26-23-27-43-78)71-91(118(19,20)21)73-105(111)82-47-37-45-80(61-82)84-64-87(114(7,8)9)67-88(65-84)115(10,11)12/h22-76H,1-21H3/i28D,29D,30D,31D,32D,33D,34D,35D,52D,53D,54D,55D,56D,57D,58D,59D. The smallest absolute Gasteiger partial charge is 0.0645 e. The molecule has 0 spiro atoms. The summed E-state index contributed by atoms with van der Waals surface area (Å²) in [5, 5.41) is -0.282. The van der Waals surface area contributed by atoms with Crippen molar-refractivity contribution in [1.82, 2.24) is 9.13 Å². The number of fused-ring (bicyclic) bond motifs is 6. The van der Waals surface area contributed by atoms with Gasteiger partial charge in [0.25, 0.3) is 0 Å². The molecule has 0 saturated carbocycles. The highest BCUT2D eigenvalue weighted by atomic mass is 15.2. The van der Waals surface area contributed by atoms with Crippen molar-refractivity contribution in [1.29, 1.82) is 0 Å². The second-order valence-electron chi connectivity index (χ2n) is 40.1. The lowest BCUT2D eigenvalue weighted by molar-refractivity contribution is 0.568. The summed E-state index contributed by atoms with van der Waals surface area (Å²) in [5.74, 6) is 0. The summed E-state index contributed by atoms with van der Waals surface area (Å²) in [6.45, 7) is 46.8. The van der Waals surface area contributed by atoms with E-state index in [0.29, 0.717) is 45.5 Å². The molecule has 0 aliphatic rings. The molecule has 122 heavy (non-hydrogen) atoms. The molecule has 0 unspecified atom stereocenters. The predicted octanol–water partition coefficient (Wildman–Crippen LogP) is 33.9. The van der Waals surface area contributed by atoms with Gasteiger partial charge in [0.05, 0.1) is 55.4 Å². The lowest BCUT2D eigenvalue weighted by atomic mass is 9.78. The Kier molecular flexibility index (Phi) is 16.3. The predicted molar refractivity (Wildman–Crippen MR) is 528 cm³/mol. The first-order chi connectivity index (χ1) is 64.5. The minimum Gasteiger partial charge on any atom is -0.309 e. The van der Waals surface area contributed by atoms with E-state index in [9.17, 15) is 21.9 Å². The number of para-hydroxylation sites is 4. The van der Waals surface area contributed by atoms with Gasteiger partial charge in [-0.1, -0.05) is 364 Å². The number of hydrogen-bond donors (Lipinski definition) is 0. The summed E-state index contributed by atoms with van der Waals surface area (Å²) in [5.41, 5.74) is 19.8. The molecule has 17 aromatic rings. The molecule has 0 aliphatic carbocycles. The molecule has 0 N–H and O–H groups in total. The largest absolute Gasteiger partial charge is 0.309 e. The Hall–Kier alpha value is -12.5. The maximum Gasteiger partial charge on any atom is 0.0645 e. The molecular formula is C118H118N4. The molecule has 0 atom stereocenters. The molecule has 0 aliphatic heterocycles. The Balaban J connectivity index is 1.08. The summed E-state index contributed by atoms with van der Waals surface area (Å²) in [7, 11) is 0. The maximum absolute atomic E-state index is 9.95. The fourth-order valence-electron chi connectivity index (χ4n) is 16.8. The average Bonchev–Trinajstić information content (AvgIpc) is 1.50. The highest BCUT2D eigenvalue weighted by Crippen LogP contribution is 2.56. The van der Waals surface area contributed by atoms with Crippen molar-refractivity contribution in [3.05, 3.63) is 372 Å². The Bertz CT molecular complexity index is 7200. The van der Waals surface area contributed by atoms with Gasteiger partial charge >= 0.3 is 0 Å². The van der Waals surface area contributed by atoms with E-state index >= 15 is 0 Å². The number of anilines is 6. The third kappa shape index (κ3) is 15.8. The summed E-state index contributed by atoms with van der Waals surface area (Å²) in [6, 6.07) is 75.0. The summed E-state index contributed by atoms with van der Waals surface area (Å²) in [6.07, 6.45) is 0. The van der Waals surface area contributed by atoms with Crippen molar-refractivity contribution in [3.63, 3.8) is 0 Å². The first kappa shape index (κ1) is 64.4. The van der Waals surface area contributed by atoms with Crippen LogP contribution in [0.4, 0.5) is 34.1 Å². The maximum atomic E-state index is 9.95.